The van der Waals surface area contributed by atoms with Gasteiger partial charge in [0.05, 0.1) is 12.0 Å². The molecule has 0 atom stereocenters. The topological polar surface area (TPSA) is 66.3 Å². The van der Waals surface area contributed by atoms with Crippen LogP contribution in [0.4, 0.5) is 0 Å². The second kappa shape index (κ2) is 7.49. The zero-order chi connectivity index (χ0) is 17.7. The van der Waals surface area contributed by atoms with E-state index in [2.05, 4.69) is 25.9 Å². The summed E-state index contributed by atoms with van der Waals surface area (Å²) < 4.78 is 0. The minimum Gasteiger partial charge on any atom is -0.288 e. The highest BCUT2D eigenvalue weighted by Crippen LogP contribution is 2.22. The lowest BCUT2D eigenvalue weighted by atomic mass is 9.87. The van der Waals surface area contributed by atoms with Crippen LogP contribution in [0.2, 0.25) is 5.02 Å². The molecular formula is C19H22ClN2O2+. The molecule has 5 heteroatoms. The van der Waals surface area contributed by atoms with E-state index in [9.17, 15) is 4.79 Å². The molecular weight excluding hydrogens is 324 g/mol. The number of carbonyl (C=O) groups excluding carboxylic acids is 1. The van der Waals surface area contributed by atoms with Gasteiger partial charge >= 0.3 is 5.97 Å². The van der Waals surface area contributed by atoms with Crippen molar-refractivity contribution in [3.8, 4) is 0 Å². The van der Waals surface area contributed by atoms with Gasteiger partial charge in [-0.3, -0.25) is 10.6 Å². The zero-order valence-corrected chi connectivity index (χ0v) is 14.9. The molecule has 0 aliphatic carbocycles. The lowest BCUT2D eigenvalue weighted by Gasteiger charge is -2.18. The van der Waals surface area contributed by atoms with Crippen LogP contribution in [0.3, 0.4) is 0 Å². The van der Waals surface area contributed by atoms with Crippen molar-refractivity contribution in [1.29, 1.82) is 0 Å². The summed E-state index contributed by atoms with van der Waals surface area (Å²) in [4.78, 5) is 17.1. The summed E-state index contributed by atoms with van der Waals surface area (Å²) in [5.41, 5.74) is 8.47. The molecule has 0 heterocycles. The van der Waals surface area contributed by atoms with Crippen LogP contribution in [0.1, 0.15) is 42.3 Å². The molecule has 0 saturated carbocycles. The molecule has 2 aromatic rings. The van der Waals surface area contributed by atoms with Crippen molar-refractivity contribution in [2.45, 2.75) is 32.6 Å². The maximum absolute atomic E-state index is 12.0. The van der Waals surface area contributed by atoms with E-state index in [1.165, 1.54) is 0 Å². The molecule has 0 unspecified atom stereocenters. The molecule has 0 saturated heterocycles. The molecule has 126 valence electrons. The number of nitrogens with two attached hydrogens (primary N) is 1. The molecule has 0 bridgehead atoms. The first kappa shape index (κ1) is 18.0. The normalized spacial score (nSPS) is 12.1. The molecule has 0 fully saturated rings. The first-order valence-electron chi connectivity index (χ1n) is 7.69. The maximum Gasteiger partial charge on any atom is 0.387 e. The highest BCUT2D eigenvalue weighted by molar-refractivity contribution is 6.30. The Morgan fingerprint density at radius 3 is 2.21 bits per heavy atom. The van der Waals surface area contributed by atoms with E-state index in [0.29, 0.717) is 22.8 Å². The number of hydrogen-bond donors (Lipinski definition) is 2. The minimum atomic E-state index is -0.477. The Labute approximate surface area is 147 Å². The number of benzene rings is 2. The number of halogens is 1. The van der Waals surface area contributed by atoms with Crippen molar-refractivity contribution in [3.63, 3.8) is 0 Å². The van der Waals surface area contributed by atoms with Crippen molar-refractivity contribution in [1.82, 2.24) is 0 Å². The van der Waals surface area contributed by atoms with Gasteiger partial charge in [-0.2, -0.15) is 0 Å². The van der Waals surface area contributed by atoms with Crippen molar-refractivity contribution >= 4 is 23.4 Å². The number of carbonyl (C=O) groups is 1. The molecule has 0 aliphatic heterocycles. The summed E-state index contributed by atoms with van der Waals surface area (Å²) in [6.07, 6.45) is 0.438. The van der Waals surface area contributed by atoms with Crippen molar-refractivity contribution < 1.29 is 14.8 Å². The predicted molar refractivity (Wildman–Crippen MR) is 95.9 cm³/mol. The summed E-state index contributed by atoms with van der Waals surface area (Å²) in [5, 5.41) is 3.16. The SMILES string of the molecule is CC(C)(C)c1ccc(C(=O)O[NH+]=C(N)Cc2ccc(Cl)cc2)cc1. The van der Waals surface area contributed by atoms with E-state index in [4.69, 9.17) is 22.2 Å². The van der Waals surface area contributed by atoms with E-state index in [1.807, 2.05) is 24.3 Å². The Bertz CT molecular complexity index is 729. The fourth-order valence-electron chi connectivity index (χ4n) is 2.14. The summed E-state index contributed by atoms with van der Waals surface area (Å²) in [5.74, 6) is -0.133. The molecule has 0 aliphatic rings. The number of hydrogen-bond acceptors (Lipinski definition) is 2. The van der Waals surface area contributed by atoms with E-state index >= 15 is 0 Å². The number of nitrogens with one attached hydrogen (secondary N) is 1. The Morgan fingerprint density at radius 2 is 1.67 bits per heavy atom. The van der Waals surface area contributed by atoms with E-state index < -0.39 is 5.97 Å². The molecule has 4 nitrogen and oxygen atoms in total. The van der Waals surface area contributed by atoms with Gasteiger partial charge in [0, 0.05) is 5.02 Å². The van der Waals surface area contributed by atoms with Gasteiger partial charge < -0.3 is 0 Å². The zero-order valence-electron chi connectivity index (χ0n) is 14.1. The summed E-state index contributed by atoms with van der Waals surface area (Å²) in [6, 6.07) is 14.7. The fourth-order valence-corrected chi connectivity index (χ4v) is 2.26. The standard InChI is InChI=1S/C19H21ClN2O2/c1-19(2,3)15-8-6-14(7-9-15)18(23)24-22-17(21)12-13-4-10-16(20)11-5-13/h4-11H,12H2,1-3H3,(H2,21,22)/p+1. The van der Waals surface area contributed by atoms with Crippen LogP contribution in [0.5, 0.6) is 0 Å². The van der Waals surface area contributed by atoms with E-state index in [0.717, 1.165) is 11.1 Å². The minimum absolute atomic E-state index is 0.0392. The Kier molecular flexibility index (Phi) is 5.62. The molecule has 3 N–H and O–H groups in total. The van der Waals surface area contributed by atoms with E-state index in [-0.39, 0.29) is 5.41 Å². The third-order valence-corrected chi connectivity index (χ3v) is 3.82. The van der Waals surface area contributed by atoms with Crippen LogP contribution in [0, 0.1) is 0 Å². The van der Waals surface area contributed by atoms with Crippen LogP contribution < -0.4 is 10.9 Å². The summed E-state index contributed by atoms with van der Waals surface area (Å²) >= 11 is 5.83. The first-order valence-corrected chi connectivity index (χ1v) is 8.07. The van der Waals surface area contributed by atoms with Crippen LogP contribution in [0.25, 0.3) is 0 Å². The number of amidine groups is 1. The van der Waals surface area contributed by atoms with Crippen molar-refractivity contribution in [3.05, 3.63) is 70.2 Å². The molecule has 0 spiro atoms. The van der Waals surface area contributed by atoms with Crippen LogP contribution >= 0.6 is 11.6 Å². The first-order chi connectivity index (χ1) is 11.3. The smallest absolute Gasteiger partial charge is 0.288 e. The molecule has 24 heavy (non-hydrogen) atoms. The summed E-state index contributed by atoms with van der Waals surface area (Å²) in [7, 11) is 0. The maximum atomic E-state index is 12.0. The van der Waals surface area contributed by atoms with Crippen LogP contribution in [-0.4, -0.2) is 11.8 Å². The number of rotatable bonds is 4. The quantitative estimate of drug-likeness (QED) is 0.387. The molecule has 0 radical (unpaired) electrons. The third-order valence-electron chi connectivity index (χ3n) is 3.57. The van der Waals surface area contributed by atoms with Crippen molar-refractivity contribution in [2.24, 2.45) is 5.73 Å². The molecule has 0 amide bonds. The predicted octanol–water partition coefficient (Wildman–Crippen LogP) is 2.39. The average Bonchev–Trinajstić information content (AvgIpc) is 2.54. The van der Waals surface area contributed by atoms with Crippen LogP contribution in [-0.2, 0) is 16.7 Å². The second-order valence-corrected chi connectivity index (χ2v) is 7.08. The van der Waals surface area contributed by atoms with Gasteiger partial charge in [0.15, 0.2) is 0 Å². The Balaban J connectivity index is 1.97. The van der Waals surface area contributed by atoms with Gasteiger partial charge in [-0.1, -0.05) is 61.8 Å². The average molecular weight is 346 g/mol. The lowest BCUT2D eigenvalue weighted by molar-refractivity contribution is -0.722. The van der Waals surface area contributed by atoms with E-state index in [1.54, 1.807) is 24.3 Å². The lowest BCUT2D eigenvalue weighted by Crippen LogP contribution is -2.75. The highest BCUT2D eigenvalue weighted by atomic mass is 35.5. The third kappa shape index (κ3) is 5.10. The fraction of sp³-hybridized carbons (Fsp3) is 0.263. The van der Waals surface area contributed by atoms with Gasteiger partial charge in [-0.05, 0) is 40.8 Å². The van der Waals surface area contributed by atoms with Gasteiger partial charge in [0.25, 0.3) is 5.84 Å². The van der Waals surface area contributed by atoms with Crippen molar-refractivity contribution in [2.75, 3.05) is 0 Å². The van der Waals surface area contributed by atoms with Gasteiger partial charge in [-0.15, -0.1) is 0 Å². The molecule has 2 aromatic carbocycles. The largest absolute Gasteiger partial charge is 0.387 e. The molecule has 0 aromatic heterocycles. The molecule has 2 rings (SSSR count). The van der Waals surface area contributed by atoms with Gasteiger partial charge in [0.2, 0.25) is 0 Å². The van der Waals surface area contributed by atoms with Gasteiger partial charge in [-0.25, -0.2) is 4.79 Å². The highest BCUT2D eigenvalue weighted by Gasteiger charge is 2.15. The summed E-state index contributed by atoms with van der Waals surface area (Å²) in [6.45, 7) is 6.36. The Hall–Kier alpha value is -2.33. The Morgan fingerprint density at radius 1 is 1.08 bits per heavy atom. The monoisotopic (exact) mass is 345 g/mol. The second-order valence-electron chi connectivity index (χ2n) is 6.65. The van der Waals surface area contributed by atoms with Gasteiger partial charge in [0.1, 0.15) is 0 Å². The van der Waals surface area contributed by atoms with Crippen LogP contribution in [0.15, 0.2) is 48.5 Å².